The van der Waals surface area contributed by atoms with Gasteiger partial charge in [-0.3, -0.25) is 4.98 Å². The average Bonchev–Trinajstić information content (AvgIpc) is 2.87. The Morgan fingerprint density at radius 1 is 1.22 bits per heavy atom. The second-order valence-corrected chi connectivity index (χ2v) is 4.61. The van der Waals surface area contributed by atoms with Crippen molar-refractivity contribution < 1.29 is 4.52 Å². The van der Waals surface area contributed by atoms with Crippen molar-refractivity contribution in [2.45, 2.75) is 12.3 Å². The maximum atomic E-state index is 5.92. The highest BCUT2D eigenvalue weighted by molar-refractivity contribution is 6.20. The van der Waals surface area contributed by atoms with Crippen LogP contribution in [0.1, 0.15) is 18.1 Å². The van der Waals surface area contributed by atoms with Crippen LogP contribution in [0.2, 0.25) is 0 Å². The average molecular weight is 260 g/mol. The van der Waals surface area contributed by atoms with Crippen molar-refractivity contribution in [3.05, 3.63) is 42.4 Å². The molecule has 5 heteroatoms. The van der Waals surface area contributed by atoms with Crippen LogP contribution in [0.3, 0.4) is 0 Å². The lowest BCUT2D eigenvalue weighted by molar-refractivity contribution is 0.423. The number of benzene rings is 1. The van der Waals surface area contributed by atoms with E-state index in [9.17, 15) is 0 Å². The molecule has 0 saturated heterocycles. The molecule has 0 fully saturated rings. The van der Waals surface area contributed by atoms with Gasteiger partial charge in [0.2, 0.25) is 0 Å². The summed E-state index contributed by atoms with van der Waals surface area (Å²) in [4.78, 5) is 8.63. The maximum Gasteiger partial charge on any atom is 0.260 e. The molecule has 0 aliphatic heterocycles. The number of hydrogen-bond donors (Lipinski definition) is 0. The van der Waals surface area contributed by atoms with Crippen LogP contribution < -0.4 is 0 Å². The van der Waals surface area contributed by atoms with E-state index in [0.717, 1.165) is 16.5 Å². The highest BCUT2D eigenvalue weighted by atomic mass is 35.5. The number of pyridine rings is 1. The molecule has 1 unspecified atom stereocenters. The second-order valence-electron chi connectivity index (χ2n) is 3.95. The number of hydrogen-bond acceptors (Lipinski definition) is 4. The van der Waals surface area contributed by atoms with Gasteiger partial charge in [0.15, 0.2) is 5.82 Å². The lowest BCUT2D eigenvalue weighted by Gasteiger charge is -2.00. The molecule has 3 rings (SSSR count). The number of nitrogens with zero attached hydrogens (tertiary/aromatic N) is 3. The van der Waals surface area contributed by atoms with Crippen LogP contribution >= 0.6 is 11.6 Å². The Morgan fingerprint density at radius 3 is 2.83 bits per heavy atom. The van der Waals surface area contributed by atoms with Gasteiger partial charge in [0.05, 0.1) is 16.5 Å². The van der Waals surface area contributed by atoms with Gasteiger partial charge in [-0.2, -0.15) is 4.98 Å². The minimum absolute atomic E-state index is 0.273. The SMILES string of the molecule is CC(Cl)c1noc(-c2cccc3cccnc23)n1. The lowest BCUT2D eigenvalue weighted by Crippen LogP contribution is -1.88. The molecule has 0 aliphatic rings. The number of para-hydroxylation sites is 1. The second kappa shape index (κ2) is 4.38. The lowest BCUT2D eigenvalue weighted by atomic mass is 10.1. The van der Waals surface area contributed by atoms with Gasteiger partial charge >= 0.3 is 0 Å². The molecular formula is C13H10ClN3O. The first-order valence-corrected chi connectivity index (χ1v) is 6.01. The standard InChI is InChI=1S/C13H10ClN3O/c1-8(14)12-16-13(18-17-12)10-6-2-4-9-5-3-7-15-11(9)10/h2-8H,1H3. The first-order chi connectivity index (χ1) is 8.75. The van der Waals surface area contributed by atoms with Gasteiger partial charge in [-0.05, 0) is 19.1 Å². The molecule has 0 spiro atoms. The van der Waals surface area contributed by atoms with Gasteiger partial charge in [0.1, 0.15) is 0 Å². The van der Waals surface area contributed by atoms with Crippen molar-refractivity contribution in [2.24, 2.45) is 0 Å². The van der Waals surface area contributed by atoms with Crippen molar-refractivity contribution in [3.8, 4) is 11.5 Å². The molecule has 0 bridgehead atoms. The van der Waals surface area contributed by atoms with Gasteiger partial charge in [0, 0.05) is 11.6 Å². The number of halogens is 1. The molecule has 90 valence electrons. The highest BCUT2D eigenvalue weighted by Crippen LogP contribution is 2.27. The normalized spacial score (nSPS) is 12.8. The van der Waals surface area contributed by atoms with E-state index in [2.05, 4.69) is 15.1 Å². The third kappa shape index (κ3) is 1.84. The van der Waals surface area contributed by atoms with Crippen molar-refractivity contribution in [2.75, 3.05) is 0 Å². The maximum absolute atomic E-state index is 5.92. The molecule has 18 heavy (non-hydrogen) atoms. The Bertz CT molecular complexity index is 688. The van der Waals surface area contributed by atoms with Crippen molar-refractivity contribution in [3.63, 3.8) is 0 Å². The predicted octanol–water partition coefficient (Wildman–Crippen LogP) is 3.58. The highest BCUT2D eigenvalue weighted by Gasteiger charge is 2.14. The Morgan fingerprint density at radius 2 is 2.06 bits per heavy atom. The quantitative estimate of drug-likeness (QED) is 0.660. The Balaban J connectivity index is 2.18. The monoisotopic (exact) mass is 259 g/mol. The Kier molecular flexibility index (Phi) is 2.72. The summed E-state index contributed by atoms with van der Waals surface area (Å²) in [5, 5.41) is 4.62. The largest absolute Gasteiger partial charge is 0.334 e. The van der Waals surface area contributed by atoms with Crippen LogP contribution in [0, 0.1) is 0 Å². The summed E-state index contributed by atoms with van der Waals surface area (Å²) in [5.41, 5.74) is 1.67. The Hall–Kier alpha value is -1.94. The van der Waals surface area contributed by atoms with Crippen LogP contribution in [0.5, 0.6) is 0 Å². The third-order valence-electron chi connectivity index (χ3n) is 2.66. The molecule has 0 N–H and O–H groups in total. The van der Waals surface area contributed by atoms with E-state index in [-0.39, 0.29) is 5.38 Å². The number of aromatic nitrogens is 3. The fraction of sp³-hybridized carbons (Fsp3) is 0.154. The smallest absolute Gasteiger partial charge is 0.260 e. The van der Waals surface area contributed by atoms with Crippen LogP contribution in [0.15, 0.2) is 41.1 Å². The first kappa shape index (κ1) is 11.2. The van der Waals surface area contributed by atoms with Crippen molar-refractivity contribution in [1.29, 1.82) is 0 Å². The summed E-state index contributed by atoms with van der Waals surface area (Å²) in [6.07, 6.45) is 1.74. The van der Waals surface area contributed by atoms with E-state index in [0.29, 0.717) is 11.7 Å². The summed E-state index contributed by atoms with van der Waals surface area (Å²) in [6.45, 7) is 1.80. The zero-order valence-corrected chi connectivity index (χ0v) is 10.4. The van der Waals surface area contributed by atoms with E-state index >= 15 is 0 Å². The molecule has 0 radical (unpaired) electrons. The summed E-state index contributed by atoms with van der Waals surface area (Å²) >= 11 is 5.92. The number of fused-ring (bicyclic) bond motifs is 1. The van der Waals surface area contributed by atoms with Crippen LogP contribution in [0.4, 0.5) is 0 Å². The minimum atomic E-state index is -0.273. The van der Waals surface area contributed by atoms with Gasteiger partial charge in [-0.25, -0.2) is 0 Å². The molecule has 3 aromatic rings. The molecule has 2 heterocycles. The van der Waals surface area contributed by atoms with Gasteiger partial charge in [-0.15, -0.1) is 11.6 Å². The van der Waals surface area contributed by atoms with Gasteiger partial charge in [-0.1, -0.05) is 23.4 Å². The molecule has 0 saturated carbocycles. The summed E-state index contributed by atoms with van der Waals surface area (Å²) in [5.74, 6) is 0.932. The number of rotatable bonds is 2. The fourth-order valence-corrected chi connectivity index (χ4v) is 1.87. The predicted molar refractivity (Wildman–Crippen MR) is 69.3 cm³/mol. The topological polar surface area (TPSA) is 51.8 Å². The van der Waals surface area contributed by atoms with E-state index in [1.807, 2.05) is 30.3 Å². The third-order valence-corrected chi connectivity index (χ3v) is 2.86. The first-order valence-electron chi connectivity index (χ1n) is 5.57. The molecular weight excluding hydrogens is 250 g/mol. The minimum Gasteiger partial charge on any atom is -0.334 e. The molecule has 1 aromatic carbocycles. The summed E-state index contributed by atoms with van der Waals surface area (Å²) < 4.78 is 5.23. The van der Waals surface area contributed by atoms with Crippen LogP contribution in [-0.4, -0.2) is 15.1 Å². The molecule has 2 aromatic heterocycles. The van der Waals surface area contributed by atoms with Crippen LogP contribution in [0.25, 0.3) is 22.4 Å². The molecule has 0 amide bonds. The Labute approximate surface area is 109 Å². The summed E-state index contributed by atoms with van der Waals surface area (Å²) in [6, 6.07) is 9.73. The van der Waals surface area contributed by atoms with Gasteiger partial charge in [0.25, 0.3) is 5.89 Å². The number of alkyl halides is 1. The van der Waals surface area contributed by atoms with E-state index in [1.165, 1.54) is 0 Å². The summed E-state index contributed by atoms with van der Waals surface area (Å²) in [7, 11) is 0. The van der Waals surface area contributed by atoms with E-state index in [4.69, 9.17) is 16.1 Å². The van der Waals surface area contributed by atoms with Crippen molar-refractivity contribution in [1.82, 2.24) is 15.1 Å². The van der Waals surface area contributed by atoms with Crippen molar-refractivity contribution >= 4 is 22.5 Å². The molecule has 0 aliphatic carbocycles. The van der Waals surface area contributed by atoms with E-state index in [1.54, 1.807) is 13.1 Å². The van der Waals surface area contributed by atoms with Gasteiger partial charge < -0.3 is 4.52 Å². The fourth-order valence-electron chi connectivity index (χ4n) is 1.78. The zero-order valence-electron chi connectivity index (χ0n) is 9.67. The molecule has 4 nitrogen and oxygen atoms in total. The molecule has 1 atom stereocenters. The zero-order chi connectivity index (χ0) is 12.5. The van der Waals surface area contributed by atoms with Crippen LogP contribution in [-0.2, 0) is 0 Å². The van der Waals surface area contributed by atoms with E-state index < -0.39 is 0 Å².